The highest BCUT2D eigenvalue weighted by Gasteiger charge is 2.06. The first-order valence-corrected chi connectivity index (χ1v) is 7.43. The van der Waals surface area contributed by atoms with Crippen LogP contribution in [0, 0.1) is 5.92 Å². The molecule has 4 heteroatoms. The third-order valence-electron chi connectivity index (χ3n) is 2.78. The minimum Gasteiger partial charge on any atom is -0.455 e. The lowest BCUT2D eigenvalue weighted by atomic mass is 10.2. The maximum Gasteiger partial charge on any atom is 0.170 e. The Kier molecular flexibility index (Phi) is 5.58. The Hall–Kier alpha value is -2.07. The van der Waals surface area contributed by atoms with Gasteiger partial charge in [0, 0.05) is 6.54 Å². The normalized spacial score (nSPS) is 10.2. The summed E-state index contributed by atoms with van der Waals surface area (Å²) < 4.78 is 5.89. The zero-order chi connectivity index (χ0) is 15.1. The predicted octanol–water partition coefficient (Wildman–Crippen LogP) is 4.42. The smallest absolute Gasteiger partial charge is 0.170 e. The van der Waals surface area contributed by atoms with Crippen molar-refractivity contribution in [3.8, 4) is 11.5 Å². The van der Waals surface area contributed by atoms with Gasteiger partial charge in [-0.3, -0.25) is 0 Å². The van der Waals surface area contributed by atoms with Gasteiger partial charge in [-0.2, -0.15) is 0 Å². The molecule has 0 aliphatic carbocycles. The summed E-state index contributed by atoms with van der Waals surface area (Å²) in [6.45, 7) is 5.12. The molecule has 0 bridgehead atoms. The van der Waals surface area contributed by atoms with Gasteiger partial charge in [0.2, 0.25) is 0 Å². The zero-order valence-corrected chi connectivity index (χ0v) is 13.1. The Labute approximate surface area is 131 Å². The molecule has 0 atom stereocenters. The van der Waals surface area contributed by atoms with Crippen LogP contribution in [0.4, 0.5) is 5.69 Å². The Bertz CT molecular complexity index is 584. The molecule has 0 aromatic heterocycles. The maximum atomic E-state index is 5.89. The largest absolute Gasteiger partial charge is 0.455 e. The first-order chi connectivity index (χ1) is 10.1. The Balaban J connectivity index is 2.05. The van der Waals surface area contributed by atoms with Crippen molar-refractivity contribution in [2.75, 3.05) is 11.9 Å². The van der Waals surface area contributed by atoms with E-state index in [4.69, 9.17) is 17.0 Å². The molecule has 2 aromatic carbocycles. The Morgan fingerprint density at radius 3 is 2.43 bits per heavy atom. The molecule has 0 heterocycles. The molecule has 2 aromatic rings. The van der Waals surface area contributed by atoms with Gasteiger partial charge < -0.3 is 15.4 Å². The number of thiocarbonyl (C=S) groups is 1. The van der Waals surface area contributed by atoms with E-state index in [1.54, 1.807) is 0 Å². The van der Waals surface area contributed by atoms with Crippen LogP contribution < -0.4 is 15.4 Å². The minimum atomic E-state index is 0.542. The second-order valence-electron chi connectivity index (χ2n) is 5.14. The van der Waals surface area contributed by atoms with Gasteiger partial charge in [-0.1, -0.05) is 44.2 Å². The molecule has 0 saturated heterocycles. The van der Waals surface area contributed by atoms with Gasteiger partial charge in [-0.05, 0) is 42.4 Å². The van der Waals surface area contributed by atoms with Crippen LogP contribution in [0.15, 0.2) is 54.6 Å². The molecule has 21 heavy (non-hydrogen) atoms. The van der Waals surface area contributed by atoms with Crippen LogP contribution in [-0.4, -0.2) is 11.7 Å². The number of benzene rings is 2. The van der Waals surface area contributed by atoms with E-state index >= 15 is 0 Å². The summed E-state index contributed by atoms with van der Waals surface area (Å²) in [5, 5.41) is 6.97. The number of para-hydroxylation sites is 3. The lowest BCUT2D eigenvalue weighted by Gasteiger charge is -2.15. The quantitative estimate of drug-likeness (QED) is 0.801. The fraction of sp³-hybridized carbons (Fsp3) is 0.235. The van der Waals surface area contributed by atoms with Gasteiger partial charge in [0.1, 0.15) is 5.75 Å². The monoisotopic (exact) mass is 300 g/mol. The molecular formula is C17H20N2OS. The van der Waals surface area contributed by atoms with Crippen LogP contribution in [0.3, 0.4) is 0 Å². The minimum absolute atomic E-state index is 0.542. The van der Waals surface area contributed by atoms with Crippen molar-refractivity contribution in [1.29, 1.82) is 0 Å². The molecule has 0 spiro atoms. The summed E-state index contributed by atoms with van der Waals surface area (Å²) in [5.74, 6) is 2.09. The van der Waals surface area contributed by atoms with Crippen LogP contribution >= 0.6 is 12.2 Å². The van der Waals surface area contributed by atoms with E-state index in [-0.39, 0.29) is 0 Å². The van der Waals surface area contributed by atoms with Crippen molar-refractivity contribution < 1.29 is 4.74 Å². The average molecular weight is 300 g/mol. The lowest BCUT2D eigenvalue weighted by molar-refractivity contribution is 0.485. The molecule has 3 nitrogen and oxygen atoms in total. The molecule has 0 aliphatic rings. The number of ether oxygens (including phenoxy) is 1. The van der Waals surface area contributed by atoms with Crippen molar-refractivity contribution in [2.45, 2.75) is 13.8 Å². The second kappa shape index (κ2) is 7.64. The summed E-state index contributed by atoms with van der Waals surface area (Å²) in [4.78, 5) is 0. The van der Waals surface area contributed by atoms with Crippen LogP contribution in [0.5, 0.6) is 11.5 Å². The second-order valence-corrected chi connectivity index (χ2v) is 5.55. The average Bonchev–Trinajstić information content (AvgIpc) is 2.48. The van der Waals surface area contributed by atoms with Crippen molar-refractivity contribution in [3.05, 3.63) is 54.6 Å². The molecule has 0 fully saturated rings. The van der Waals surface area contributed by atoms with Crippen LogP contribution in [-0.2, 0) is 0 Å². The molecular weight excluding hydrogens is 280 g/mol. The SMILES string of the molecule is CC(C)CNC(=S)Nc1ccccc1Oc1ccccc1. The van der Waals surface area contributed by atoms with Crippen molar-refractivity contribution in [3.63, 3.8) is 0 Å². The summed E-state index contributed by atoms with van der Waals surface area (Å²) in [6, 6.07) is 17.4. The maximum absolute atomic E-state index is 5.89. The first kappa shape index (κ1) is 15.3. The molecule has 0 radical (unpaired) electrons. The number of rotatable bonds is 5. The lowest BCUT2D eigenvalue weighted by Crippen LogP contribution is -2.31. The van der Waals surface area contributed by atoms with E-state index in [0.717, 1.165) is 23.7 Å². The predicted molar refractivity (Wildman–Crippen MR) is 92.0 cm³/mol. The summed E-state index contributed by atoms with van der Waals surface area (Å²) >= 11 is 5.30. The Morgan fingerprint density at radius 1 is 1.05 bits per heavy atom. The molecule has 0 amide bonds. The fourth-order valence-electron chi connectivity index (χ4n) is 1.74. The van der Waals surface area contributed by atoms with E-state index in [0.29, 0.717) is 11.0 Å². The number of hydrogen-bond acceptors (Lipinski definition) is 2. The molecule has 110 valence electrons. The fourth-order valence-corrected chi connectivity index (χ4v) is 1.93. The van der Waals surface area contributed by atoms with E-state index in [1.807, 2.05) is 54.6 Å². The van der Waals surface area contributed by atoms with Crippen LogP contribution in [0.25, 0.3) is 0 Å². The van der Waals surface area contributed by atoms with Gasteiger partial charge in [0.15, 0.2) is 10.9 Å². The number of nitrogens with one attached hydrogen (secondary N) is 2. The van der Waals surface area contributed by atoms with Crippen molar-refractivity contribution in [1.82, 2.24) is 5.32 Å². The van der Waals surface area contributed by atoms with E-state index in [9.17, 15) is 0 Å². The number of hydrogen-bond donors (Lipinski definition) is 2. The third kappa shape index (κ3) is 5.08. The summed E-state index contributed by atoms with van der Waals surface area (Å²) in [7, 11) is 0. The molecule has 0 unspecified atom stereocenters. The van der Waals surface area contributed by atoms with Crippen molar-refractivity contribution >= 4 is 23.0 Å². The third-order valence-corrected chi connectivity index (χ3v) is 3.02. The van der Waals surface area contributed by atoms with Crippen molar-refractivity contribution in [2.24, 2.45) is 5.92 Å². The van der Waals surface area contributed by atoms with Crippen LogP contribution in [0.2, 0.25) is 0 Å². The molecule has 2 N–H and O–H groups in total. The molecule has 0 aliphatic heterocycles. The van der Waals surface area contributed by atoms with Crippen LogP contribution in [0.1, 0.15) is 13.8 Å². The van der Waals surface area contributed by atoms with Gasteiger partial charge in [0.25, 0.3) is 0 Å². The summed E-state index contributed by atoms with van der Waals surface area (Å²) in [6.07, 6.45) is 0. The number of anilines is 1. The van der Waals surface area contributed by atoms with E-state index in [2.05, 4.69) is 24.5 Å². The van der Waals surface area contributed by atoms with Gasteiger partial charge in [-0.25, -0.2) is 0 Å². The topological polar surface area (TPSA) is 33.3 Å². The zero-order valence-electron chi connectivity index (χ0n) is 12.3. The highest BCUT2D eigenvalue weighted by molar-refractivity contribution is 7.80. The Morgan fingerprint density at radius 2 is 1.71 bits per heavy atom. The molecule has 2 rings (SSSR count). The standard InChI is InChI=1S/C17H20N2OS/c1-13(2)12-18-17(21)19-15-10-6-7-11-16(15)20-14-8-4-3-5-9-14/h3-11,13H,12H2,1-2H3,(H2,18,19,21). The first-order valence-electron chi connectivity index (χ1n) is 7.02. The van der Waals surface area contributed by atoms with Gasteiger partial charge in [0.05, 0.1) is 5.69 Å². The summed E-state index contributed by atoms with van der Waals surface area (Å²) in [5.41, 5.74) is 0.850. The van der Waals surface area contributed by atoms with Gasteiger partial charge in [-0.15, -0.1) is 0 Å². The van der Waals surface area contributed by atoms with Gasteiger partial charge >= 0.3 is 0 Å². The highest BCUT2D eigenvalue weighted by Crippen LogP contribution is 2.28. The van der Waals surface area contributed by atoms with E-state index in [1.165, 1.54) is 0 Å². The van der Waals surface area contributed by atoms with E-state index < -0.39 is 0 Å². The molecule has 0 saturated carbocycles. The highest BCUT2D eigenvalue weighted by atomic mass is 32.1.